The second-order valence-electron chi connectivity index (χ2n) is 6.76. The van der Waals surface area contributed by atoms with E-state index in [0.717, 1.165) is 30.2 Å². The minimum atomic E-state index is -3.72. The molecule has 8 nitrogen and oxygen atoms in total. The predicted octanol–water partition coefficient (Wildman–Crippen LogP) is 3.69. The Morgan fingerprint density at radius 2 is 1.69 bits per heavy atom. The zero-order valence-corrected chi connectivity index (χ0v) is 17.2. The van der Waals surface area contributed by atoms with Crippen molar-refractivity contribution in [3.05, 3.63) is 46.5 Å². The molecule has 2 aromatic rings. The van der Waals surface area contributed by atoms with Crippen LogP contribution >= 0.6 is 11.8 Å². The van der Waals surface area contributed by atoms with Crippen LogP contribution < -0.4 is 9.47 Å². The lowest BCUT2D eigenvalue weighted by atomic mass is 10.3. The molecule has 0 bridgehead atoms. The molecule has 154 valence electrons. The van der Waals surface area contributed by atoms with E-state index in [1.807, 2.05) is 0 Å². The molecule has 2 heterocycles. The van der Waals surface area contributed by atoms with E-state index in [2.05, 4.69) is 0 Å². The number of benzene rings is 2. The molecule has 2 aliphatic rings. The Hall–Kier alpha value is -2.30. The zero-order valence-electron chi connectivity index (χ0n) is 15.6. The van der Waals surface area contributed by atoms with Gasteiger partial charge in [-0.15, -0.1) is 0 Å². The van der Waals surface area contributed by atoms with E-state index >= 15 is 0 Å². The van der Waals surface area contributed by atoms with Crippen molar-refractivity contribution in [1.29, 1.82) is 0 Å². The molecule has 0 saturated carbocycles. The van der Waals surface area contributed by atoms with Gasteiger partial charge in [0.15, 0.2) is 11.5 Å². The molecule has 0 spiro atoms. The van der Waals surface area contributed by atoms with Crippen molar-refractivity contribution < 1.29 is 22.8 Å². The fraction of sp³-hybridized carbons (Fsp3) is 0.368. The smallest absolute Gasteiger partial charge is 0.284 e. The Kier molecular flexibility index (Phi) is 5.66. The van der Waals surface area contributed by atoms with Gasteiger partial charge >= 0.3 is 0 Å². The summed E-state index contributed by atoms with van der Waals surface area (Å²) in [6.07, 6.45) is 2.40. The molecule has 4 rings (SSSR count). The summed E-state index contributed by atoms with van der Waals surface area (Å²) in [5, 5.41) is 11.6. The number of nitrogens with zero attached hydrogens (tertiary/aromatic N) is 2. The highest BCUT2D eigenvalue weighted by atomic mass is 32.2. The average molecular weight is 437 g/mol. The first-order valence-corrected chi connectivity index (χ1v) is 11.6. The number of rotatable bonds is 5. The molecule has 0 unspecified atom stereocenters. The number of sulfonamides is 1. The summed E-state index contributed by atoms with van der Waals surface area (Å²) < 4.78 is 38.1. The van der Waals surface area contributed by atoms with E-state index in [-0.39, 0.29) is 10.6 Å². The van der Waals surface area contributed by atoms with Crippen molar-refractivity contribution in [2.75, 3.05) is 26.3 Å². The molecule has 29 heavy (non-hydrogen) atoms. The van der Waals surface area contributed by atoms with Gasteiger partial charge in [-0.3, -0.25) is 10.1 Å². The molecule has 1 saturated heterocycles. The van der Waals surface area contributed by atoms with Crippen molar-refractivity contribution in [2.45, 2.75) is 33.9 Å². The Balaban J connectivity index is 1.64. The van der Waals surface area contributed by atoms with Crippen molar-refractivity contribution in [2.24, 2.45) is 0 Å². The lowest BCUT2D eigenvalue weighted by Crippen LogP contribution is -2.27. The second-order valence-corrected chi connectivity index (χ2v) is 9.81. The largest absolute Gasteiger partial charge is 0.490 e. The summed E-state index contributed by atoms with van der Waals surface area (Å²) in [5.41, 5.74) is -0.234. The first-order valence-electron chi connectivity index (χ1n) is 9.31. The minimum Gasteiger partial charge on any atom is -0.490 e. The van der Waals surface area contributed by atoms with E-state index < -0.39 is 14.9 Å². The van der Waals surface area contributed by atoms with Crippen LogP contribution in [0.25, 0.3) is 0 Å². The SMILES string of the molecule is O=[N+]([O-])c1cc(S(=O)(=O)N2CCCC2)ccc1Sc1ccc2c(c1)OCCCO2. The van der Waals surface area contributed by atoms with Crippen LogP contribution in [0.1, 0.15) is 19.3 Å². The molecule has 1 fully saturated rings. The van der Waals surface area contributed by atoms with Crippen molar-refractivity contribution in [1.82, 2.24) is 4.31 Å². The maximum absolute atomic E-state index is 12.7. The van der Waals surface area contributed by atoms with E-state index in [1.165, 1.54) is 28.2 Å². The Morgan fingerprint density at radius 1 is 0.966 bits per heavy atom. The highest BCUT2D eigenvalue weighted by Gasteiger charge is 2.29. The molecule has 0 atom stereocenters. The molecule has 0 amide bonds. The van der Waals surface area contributed by atoms with Crippen molar-refractivity contribution >= 4 is 27.5 Å². The number of ether oxygens (including phenoxy) is 2. The fourth-order valence-electron chi connectivity index (χ4n) is 3.30. The lowest BCUT2D eigenvalue weighted by Gasteiger charge is -2.15. The first-order chi connectivity index (χ1) is 13.9. The van der Waals surface area contributed by atoms with Gasteiger partial charge in [-0.2, -0.15) is 4.31 Å². The Labute approximate surface area is 173 Å². The van der Waals surface area contributed by atoms with Gasteiger partial charge in [0, 0.05) is 30.5 Å². The monoisotopic (exact) mass is 436 g/mol. The normalized spacial score (nSPS) is 17.1. The Bertz CT molecular complexity index is 1030. The average Bonchev–Trinajstić information content (AvgIpc) is 3.15. The number of hydrogen-bond donors (Lipinski definition) is 0. The number of hydrogen-bond acceptors (Lipinski definition) is 7. The zero-order chi connectivity index (χ0) is 20.4. The summed E-state index contributed by atoms with van der Waals surface area (Å²) in [6.45, 7) is 2.02. The molecule has 10 heteroatoms. The van der Waals surface area contributed by atoms with Gasteiger partial charge in [0.25, 0.3) is 5.69 Å². The maximum Gasteiger partial charge on any atom is 0.284 e. The molecule has 2 aliphatic heterocycles. The molecule has 0 N–H and O–H groups in total. The van der Waals surface area contributed by atoms with E-state index in [1.54, 1.807) is 18.2 Å². The van der Waals surface area contributed by atoms with Crippen LogP contribution in [-0.4, -0.2) is 43.9 Å². The summed E-state index contributed by atoms with van der Waals surface area (Å²) in [6, 6.07) is 9.45. The maximum atomic E-state index is 12.7. The van der Waals surface area contributed by atoms with Crippen LogP contribution in [0.3, 0.4) is 0 Å². The number of nitro groups is 1. The summed E-state index contributed by atoms with van der Waals surface area (Å²) >= 11 is 1.19. The molecule has 0 aliphatic carbocycles. The lowest BCUT2D eigenvalue weighted by molar-refractivity contribution is -0.388. The number of fused-ring (bicyclic) bond motifs is 1. The molecular weight excluding hydrogens is 416 g/mol. The summed E-state index contributed by atoms with van der Waals surface area (Å²) in [4.78, 5) is 12.1. The van der Waals surface area contributed by atoms with Crippen molar-refractivity contribution in [3.8, 4) is 11.5 Å². The molecule has 2 aromatic carbocycles. The van der Waals surface area contributed by atoms with Gasteiger partial charge in [0.2, 0.25) is 10.0 Å². The third kappa shape index (κ3) is 4.19. The van der Waals surface area contributed by atoms with Gasteiger partial charge < -0.3 is 9.47 Å². The summed E-state index contributed by atoms with van der Waals surface area (Å²) in [5.74, 6) is 1.25. The van der Waals surface area contributed by atoms with E-state index in [9.17, 15) is 18.5 Å². The third-order valence-corrected chi connectivity index (χ3v) is 7.73. The van der Waals surface area contributed by atoms with Crippen LogP contribution in [0.5, 0.6) is 11.5 Å². The van der Waals surface area contributed by atoms with Gasteiger partial charge in [-0.25, -0.2) is 8.42 Å². The van der Waals surface area contributed by atoms with Crippen molar-refractivity contribution in [3.63, 3.8) is 0 Å². The minimum absolute atomic E-state index is 0.0471. The van der Waals surface area contributed by atoms with E-state index in [0.29, 0.717) is 42.7 Å². The second kappa shape index (κ2) is 8.21. The molecule has 0 aromatic heterocycles. The van der Waals surface area contributed by atoms with Gasteiger partial charge in [-0.1, -0.05) is 11.8 Å². The van der Waals surface area contributed by atoms with Crippen LogP contribution in [0, 0.1) is 10.1 Å². The van der Waals surface area contributed by atoms with Crippen LogP contribution in [0.15, 0.2) is 51.1 Å². The highest BCUT2D eigenvalue weighted by molar-refractivity contribution is 7.99. The van der Waals surface area contributed by atoms with E-state index in [4.69, 9.17) is 9.47 Å². The standard InChI is InChI=1S/C19H20N2O6S2/c22-21(23)16-13-15(29(24,25)20-8-1-2-9-20)5-7-19(16)28-14-4-6-17-18(12-14)27-11-3-10-26-17/h4-7,12-13H,1-3,8-11H2. The van der Waals surface area contributed by atoms with Gasteiger partial charge in [0.05, 0.1) is 27.9 Å². The fourth-order valence-corrected chi connectivity index (χ4v) is 5.77. The topological polar surface area (TPSA) is 99.0 Å². The molecule has 0 radical (unpaired) electrons. The predicted molar refractivity (Wildman–Crippen MR) is 107 cm³/mol. The van der Waals surface area contributed by atoms with Gasteiger partial charge in [0.1, 0.15) is 0 Å². The molecular formula is C19H20N2O6S2. The number of nitro benzene ring substituents is 1. The quantitative estimate of drug-likeness (QED) is 0.521. The first kappa shape index (κ1) is 20.0. The Morgan fingerprint density at radius 3 is 2.41 bits per heavy atom. The van der Waals surface area contributed by atoms with Crippen LogP contribution in [0.4, 0.5) is 5.69 Å². The third-order valence-electron chi connectivity index (χ3n) is 4.78. The van der Waals surface area contributed by atoms with Gasteiger partial charge in [-0.05, 0) is 43.2 Å². The summed E-state index contributed by atoms with van der Waals surface area (Å²) in [7, 11) is -3.72. The van der Waals surface area contributed by atoms with Crippen LogP contribution in [0.2, 0.25) is 0 Å². The highest BCUT2D eigenvalue weighted by Crippen LogP contribution is 2.40. The van der Waals surface area contributed by atoms with Crippen LogP contribution in [-0.2, 0) is 10.0 Å².